The van der Waals surface area contributed by atoms with Crippen LogP contribution in [0.25, 0.3) is 0 Å². The van der Waals surface area contributed by atoms with Crippen LogP contribution in [0.2, 0.25) is 0 Å². The predicted molar refractivity (Wildman–Crippen MR) is 84.6 cm³/mol. The Kier molecular flexibility index (Phi) is 5.43. The molecule has 0 heterocycles. The van der Waals surface area contributed by atoms with E-state index in [1.807, 2.05) is 0 Å². The largest absolute Gasteiger partial charge is 0.271 e. The molecule has 106 valence electrons. The van der Waals surface area contributed by atoms with Crippen LogP contribution in [0.3, 0.4) is 0 Å². The zero-order valence-corrected chi connectivity index (χ0v) is 13.5. The molecule has 0 aliphatic heterocycles. The fourth-order valence-corrected chi connectivity index (χ4v) is 3.84. The first-order valence-corrected chi connectivity index (χ1v) is 8.08. The highest BCUT2D eigenvalue weighted by atomic mass is 79.9. The molecule has 19 heavy (non-hydrogen) atoms. The van der Waals surface area contributed by atoms with Crippen LogP contribution in [0.15, 0.2) is 28.7 Å². The highest BCUT2D eigenvalue weighted by molar-refractivity contribution is 9.10. The van der Waals surface area contributed by atoms with Crippen molar-refractivity contribution < 1.29 is 0 Å². The van der Waals surface area contributed by atoms with Gasteiger partial charge in [-0.1, -0.05) is 41.9 Å². The van der Waals surface area contributed by atoms with Gasteiger partial charge in [0.15, 0.2) is 0 Å². The molecule has 3 atom stereocenters. The van der Waals surface area contributed by atoms with Gasteiger partial charge >= 0.3 is 0 Å². The second-order valence-corrected chi connectivity index (χ2v) is 7.20. The van der Waals surface area contributed by atoms with Crippen molar-refractivity contribution in [2.75, 3.05) is 0 Å². The maximum atomic E-state index is 5.81. The molecule has 0 spiro atoms. The molecule has 1 aromatic carbocycles. The van der Waals surface area contributed by atoms with E-state index in [0.29, 0.717) is 12.0 Å². The molecule has 2 rings (SSSR count). The van der Waals surface area contributed by atoms with E-state index >= 15 is 0 Å². The summed E-state index contributed by atoms with van der Waals surface area (Å²) in [6, 6.07) is 8.98. The maximum Gasteiger partial charge on any atom is 0.0279 e. The Morgan fingerprint density at radius 1 is 1.16 bits per heavy atom. The first kappa shape index (κ1) is 15.0. The molecule has 3 heteroatoms. The zero-order chi connectivity index (χ0) is 13.8. The Morgan fingerprint density at radius 3 is 2.26 bits per heavy atom. The SMILES string of the molecule is CC1CC(C)CC(C(Cc2ccc(Br)cc2)NN)C1. The first-order chi connectivity index (χ1) is 9.08. The molecular weight excluding hydrogens is 300 g/mol. The quantitative estimate of drug-likeness (QED) is 0.651. The predicted octanol–water partition coefficient (Wildman–Crippen LogP) is 3.90. The zero-order valence-electron chi connectivity index (χ0n) is 11.9. The third-order valence-electron chi connectivity index (χ3n) is 4.37. The van der Waals surface area contributed by atoms with Gasteiger partial charge in [0, 0.05) is 10.5 Å². The summed E-state index contributed by atoms with van der Waals surface area (Å²) < 4.78 is 1.13. The number of hydrogen-bond donors (Lipinski definition) is 2. The molecule has 1 fully saturated rings. The van der Waals surface area contributed by atoms with Gasteiger partial charge in [-0.15, -0.1) is 0 Å². The number of rotatable bonds is 4. The molecule has 3 N–H and O–H groups in total. The van der Waals surface area contributed by atoms with Gasteiger partial charge in [-0.2, -0.15) is 0 Å². The summed E-state index contributed by atoms with van der Waals surface area (Å²) in [6.07, 6.45) is 4.99. The van der Waals surface area contributed by atoms with E-state index in [1.54, 1.807) is 0 Å². The lowest BCUT2D eigenvalue weighted by molar-refractivity contribution is 0.175. The molecule has 3 unspecified atom stereocenters. The van der Waals surface area contributed by atoms with Gasteiger partial charge in [0.1, 0.15) is 0 Å². The van der Waals surface area contributed by atoms with Gasteiger partial charge in [0.05, 0.1) is 0 Å². The molecule has 0 aromatic heterocycles. The van der Waals surface area contributed by atoms with Crippen LogP contribution in [0.1, 0.15) is 38.7 Å². The lowest BCUT2D eigenvalue weighted by Crippen LogP contribution is -2.44. The summed E-state index contributed by atoms with van der Waals surface area (Å²) in [4.78, 5) is 0. The van der Waals surface area contributed by atoms with Crippen molar-refractivity contribution in [3.05, 3.63) is 34.3 Å². The minimum Gasteiger partial charge on any atom is -0.271 e. The highest BCUT2D eigenvalue weighted by Gasteiger charge is 2.29. The first-order valence-electron chi connectivity index (χ1n) is 7.29. The van der Waals surface area contributed by atoms with E-state index < -0.39 is 0 Å². The number of halogens is 1. The van der Waals surface area contributed by atoms with Crippen molar-refractivity contribution in [3.63, 3.8) is 0 Å². The lowest BCUT2D eigenvalue weighted by Gasteiger charge is -2.36. The molecule has 0 amide bonds. The van der Waals surface area contributed by atoms with Gasteiger partial charge in [-0.25, -0.2) is 0 Å². The molecular formula is C16H25BrN2. The number of hydrazine groups is 1. The van der Waals surface area contributed by atoms with Crippen LogP contribution < -0.4 is 11.3 Å². The summed E-state index contributed by atoms with van der Waals surface area (Å²) in [5.41, 5.74) is 4.42. The Morgan fingerprint density at radius 2 is 1.74 bits per heavy atom. The normalized spacial score (nSPS) is 29.2. The van der Waals surface area contributed by atoms with Crippen molar-refractivity contribution >= 4 is 15.9 Å². The standard InChI is InChI=1S/C16H25BrN2/c1-11-7-12(2)9-14(8-11)16(19-18)10-13-3-5-15(17)6-4-13/h3-6,11-12,14,16,19H,7-10,18H2,1-2H3. The van der Waals surface area contributed by atoms with Crippen molar-refractivity contribution in [1.82, 2.24) is 5.43 Å². The van der Waals surface area contributed by atoms with E-state index in [4.69, 9.17) is 5.84 Å². The summed E-state index contributed by atoms with van der Waals surface area (Å²) in [5.74, 6) is 8.17. The van der Waals surface area contributed by atoms with E-state index in [-0.39, 0.29) is 0 Å². The molecule has 2 nitrogen and oxygen atoms in total. The van der Waals surface area contributed by atoms with E-state index in [2.05, 4.69) is 59.5 Å². The third kappa shape index (κ3) is 4.30. The van der Waals surface area contributed by atoms with Gasteiger partial charge < -0.3 is 0 Å². The fraction of sp³-hybridized carbons (Fsp3) is 0.625. The minimum absolute atomic E-state index is 0.395. The van der Waals surface area contributed by atoms with Crippen molar-refractivity contribution in [3.8, 4) is 0 Å². The monoisotopic (exact) mass is 324 g/mol. The second kappa shape index (κ2) is 6.87. The molecule has 1 aromatic rings. The minimum atomic E-state index is 0.395. The van der Waals surface area contributed by atoms with Crippen LogP contribution in [-0.2, 0) is 6.42 Å². The highest BCUT2D eigenvalue weighted by Crippen LogP contribution is 2.35. The van der Waals surface area contributed by atoms with E-state index in [9.17, 15) is 0 Å². The van der Waals surface area contributed by atoms with Crippen LogP contribution >= 0.6 is 15.9 Å². The Bertz CT molecular complexity index is 380. The smallest absolute Gasteiger partial charge is 0.0279 e. The van der Waals surface area contributed by atoms with Crippen molar-refractivity contribution in [1.29, 1.82) is 0 Å². The van der Waals surface area contributed by atoms with Crippen molar-refractivity contribution in [2.45, 2.75) is 45.6 Å². The number of benzene rings is 1. The third-order valence-corrected chi connectivity index (χ3v) is 4.90. The summed E-state index contributed by atoms with van der Waals surface area (Å²) in [6.45, 7) is 4.74. The van der Waals surface area contributed by atoms with E-state index in [1.165, 1.54) is 24.8 Å². The van der Waals surface area contributed by atoms with E-state index in [0.717, 1.165) is 22.7 Å². The fourth-order valence-electron chi connectivity index (χ4n) is 3.57. The summed E-state index contributed by atoms with van der Waals surface area (Å²) >= 11 is 3.48. The summed E-state index contributed by atoms with van der Waals surface area (Å²) in [5, 5.41) is 0. The Hall–Kier alpha value is -0.380. The number of nitrogens with two attached hydrogens (primary N) is 1. The molecule has 0 bridgehead atoms. The molecule has 1 aliphatic carbocycles. The van der Waals surface area contributed by atoms with Crippen LogP contribution in [0.4, 0.5) is 0 Å². The topological polar surface area (TPSA) is 38.0 Å². The molecule has 1 aliphatic rings. The van der Waals surface area contributed by atoms with Gasteiger partial charge in [0.25, 0.3) is 0 Å². The molecule has 0 saturated heterocycles. The average molecular weight is 325 g/mol. The Balaban J connectivity index is 2.01. The maximum absolute atomic E-state index is 5.81. The Labute approximate surface area is 125 Å². The molecule has 0 radical (unpaired) electrons. The van der Waals surface area contributed by atoms with Gasteiger partial charge in [0.2, 0.25) is 0 Å². The summed E-state index contributed by atoms with van der Waals surface area (Å²) in [7, 11) is 0. The average Bonchev–Trinajstić information content (AvgIpc) is 2.37. The van der Waals surface area contributed by atoms with Gasteiger partial charge in [-0.05, 0) is 61.1 Å². The van der Waals surface area contributed by atoms with Gasteiger partial charge in [-0.3, -0.25) is 11.3 Å². The van der Waals surface area contributed by atoms with Crippen molar-refractivity contribution in [2.24, 2.45) is 23.6 Å². The van der Waals surface area contributed by atoms with Crippen LogP contribution in [0, 0.1) is 17.8 Å². The number of nitrogens with one attached hydrogen (secondary N) is 1. The molecule has 1 saturated carbocycles. The second-order valence-electron chi connectivity index (χ2n) is 6.28. The van der Waals surface area contributed by atoms with Crippen LogP contribution in [-0.4, -0.2) is 6.04 Å². The van der Waals surface area contributed by atoms with Crippen LogP contribution in [0.5, 0.6) is 0 Å². The number of hydrogen-bond acceptors (Lipinski definition) is 2. The lowest BCUT2D eigenvalue weighted by atomic mass is 9.73.